The van der Waals surface area contributed by atoms with E-state index in [1.54, 1.807) is 12.1 Å². The molecule has 1 atom stereocenters. The lowest BCUT2D eigenvalue weighted by molar-refractivity contribution is -0.384. The first-order chi connectivity index (χ1) is 14.3. The number of hydrogen-bond donors (Lipinski definition) is 0. The molecule has 0 bridgehead atoms. The minimum Gasteiger partial charge on any atom is -0.378 e. The molecular formula is C24H27N3O3. The highest BCUT2D eigenvalue weighted by atomic mass is 16.6. The maximum atomic E-state index is 11.3. The van der Waals surface area contributed by atoms with Crippen molar-refractivity contribution in [2.45, 2.75) is 25.0 Å². The molecule has 2 aromatic carbocycles. The standard InChI is InChI=1S/C24H27N3O3/c1-23(2)21-17-20(27(28)29)12-13-22(21)26-15-16-30-24(23,26)14-6-5-7-18-8-10-19(11-9-18)25(3)4/h5-14,17H,15-16H2,1-4H3. The molecule has 2 aliphatic rings. The van der Waals surface area contributed by atoms with Gasteiger partial charge in [0.1, 0.15) is 0 Å². The van der Waals surface area contributed by atoms with Gasteiger partial charge in [0.05, 0.1) is 11.5 Å². The van der Waals surface area contributed by atoms with Crippen LogP contribution in [0.2, 0.25) is 0 Å². The van der Waals surface area contributed by atoms with E-state index in [1.165, 1.54) is 0 Å². The third-order valence-electron chi connectivity index (χ3n) is 6.22. The van der Waals surface area contributed by atoms with E-state index in [2.05, 4.69) is 60.1 Å². The Bertz CT molecular complexity index is 1020. The van der Waals surface area contributed by atoms with Gasteiger partial charge in [0.25, 0.3) is 5.69 Å². The highest BCUT2D eigenvalue weighted by Gasteiger charge is 2.59. The SMILES string of the molecule is CN(C)c1ccc(C=CC=CC23OCCN2c2ccc([N+](=O)[O-])cc2C3(C)C)cc1. The molecule has 1 fully saturated rings. The van der Waals surface area contributed by atoms with Crippen LogP contribution < -0.4 is 9.80 Å². The number of rotatable bonds is 5. The Morgan fingerprint density at radius 3 is 2.53 bits per heavy atom. The number of anilines is 2. The minimum absolute atomic E-state index is 0.114. The molecular weight excluding hydrogens is 378 g/mol. The van der Waals surface area contributed by atoms with Crippen molar-refractivity contribution >= 4 is 23.1 Å². The number of hydrogen-bond acceptors (Lipinski definition) is 5. The first-order valence-electron chi connectivity index (χ1n) is 10.1. The van der Waals surface area contributed by atoms with E-state index in [9.17, 15) is 10.1 Å². The summed E-state index contributed by atoms with van der Waals surface area (Å²) in [5, 5.41) is 11.3. The van der Waals surface area contributed by atoms with Gasteiger partial charge in [-0.2, -0.15) is 0 Å². The second-order valence-corrected chi connectivity index (χ2v) is 8.48. The van der Waals surface area contributed by atoms with Crippen LogP contribution >= 0.6 is 0 Å². The highest BCUT2D eigenvalue weighted by Crippen LogP contribution is 2.55. The van der Waals surface area contributed by atoms with Crippen molar-refractivity contribution in [1.82, 2.24) is 0 Å². The molecule has 0 saturated carbocycles. The summed E-state index contributed by atoms with van der Waals surface area (Å²) in [6, 6.07) is 13.5. The first kappa shape index (κ1) is 20.2. The van der Waals surface area contributed by atoms with E-state index in [1.807, 2.05) is 32.3 Å². The zero-order valence-corrected chi connectivity index (χ0v) is 17.8. The van der Waals surface area contributed by atoms with E-state index >= 15 is 0 Å². The largest absolute Gasteiger partial charge is 0.378 e. The minimum atomic E-state index is -0.649. The van der Waals surface area contributed by atoms with Gasteiger partial charge in [-0.1, -0.05) is 44.2 Å². The van der Waals surface area contributed by atoms with Crippen LogP contribution in [0, 0.1) is 10.1 Å². The number of nitro benzene ring substituents is 1. The van der Waals surface area contributed by atoms with Crippen LogP contribution in [0.4, 0.5) is 17.1 Å². The fourth-order valence-electron chi connectivity index (χ4n) is 4.50. The summed E-state index contributed by atoms with van der Waals surface area (Å²) in [5.41, 5.74) is 3.28. The average molecular weight is 405 g/mol. The predicted octanol–water partition coefficient (Wildman–Crippen LogP) is 4.75. The molecule has 0 aromatic heterocycles. The number of non-ortho nitro benzene ring substituents is 1. The maximum absolute atomic E-state index is 11.3. The topological polar surface area (TPSA) is 58.8 Å². The summed E-state index contributed by atoms with van der Waals surface area (Å²) in [7, 11) is 4.05. The number of nitro groups is 1. The van der Waals surface area contributed by atoms with E-state index < -0.39 is 11.1 Å². The fraction of sp³-hybridized carbons (Fsp3) is 0.333. The second-order valence-electron chi connectivity index (χ2n) is 8.48. The molecule has 2 aliphatic heterocycles. The monoisotopic (exact) mass is 405 g/mol. The smallest absolute Gasteiger partial charge is 0.269 e. The van der Waals surface area contributed by atoms with Crippen molar-refractivity contribution in [3.8, 4) is 0 Å². The van der Waals surface area contributed by atoms with E-state index in [0.717, 1.165) is 29.0 Å². The first-order valence-corrected chi connectivity index (χ1v) is 10.1. The average Bonchev–Trinajstić information content (AvgIpc) is 3.22. The Kier molecular flexibility index (Phi) is 4.90. The van der Waals surface area contributed by atoms with Gasteiger partial charge in [0.2, 0.25) is 0 Å². The molecule has 0 amide bonds. The van der Waals surface area contributed by atoms with Crippen LogP contribution in [0.3, 0.4) is 0 Å². The van der Waals surface area contributed by atoms with Crippen molar-refractivity contribution in [1.29, 1.82) is 0 Å². The van der Waals surface area contributed by atoms with Gasteiger partial charge in [0, 0.05) is 49.6 Å². The van der Waals surface area contributed by atoms with Gasteiger partial charge in [-0.05, 0) is 35.4 Å². The third-order valence-corrected chi connectivity index (χ3v) is 6.22. The lowest BCUT2D eigenvalue weighted by atomic mass is 9.77. The van der Waals surface area contributed by atoms with Crippen molar-refractivity contribution in [2.24, 2.45) is 0 Å². The van der Waals surface area contributed by atoms with Crippen LogP contribution in [0.5, 0.6) is 0 Å². The zero-order valence-electron chi connectivity index (χ0n) is 17.8. The van der Waals surface area contributed by atoms with Crippen molar-refractivity contribution in [3.05, 3.63) is 81.9 Å². The Balaban J connectivity index is 1.61. The van der Waals surface area contributed by atoms with E-state index in [-0.39, 0.29) is 10.6 Å². The van der Waals surface area contributed by atoms with Crippen LogP contribution in [0.25, 0.3) is 6.08 Å². The van der Waals surface area contributed by atoms with Crippen molar-refractivity contribution in [2.75, 3.05) is 37.0 Å². The predicted molar refractivity (Wildman–Crippen MR) is 121 cm³/mol. The third kappa shape index (κ3) is 3.08. The summed E-state index contributed by atoms with van der Waals surface area (Å²) >= 11 is 0. The molecule has 6 nitrogen and oxygen atoms in total. The quantitative estimate of drug-likeness (QED) is 0.408. The molecule has 0 spiro atoms. The Hall–Kier alpha value is -3.12. The number of benzene rings is 2. The fourth-order valence-corrected chi connectivity index (χ4v) is 4.50. The Morgan fingerprint density at radius 1 is 1.13 bits per heavy atom. The molecule has 156 valence electrons. The lowest BCUT2D eigenvalue weighted by Crippen LogP contribution is -2.51. The normalized spacial score (nSPS) is 21.9. The molecule has 2 aromatic rings. The van der Waals surface area contributed by atoms with Gasteiger partial charge >= 0.3 is 0 Å². The molecule has 0 N–H and O–H groups in total. The Labute approximate surface area is 177 Å². The highest BCUT2D eigenvalue weighted by molar-refractivity contribution is 5.70. The summed E-state index contributed by atoms with van der Waals surface area (Å²) < 4.78 is 6.29. The summed E-state index contributed by atoms with van der Waals surface area (Å²) in [5.74, 6) is 0. The van der Waals surface area contributed by atoms with Crippen LogP contribution in [0.15, 0.2) is 60.7 Å². The molecule has 0 radical (unpaired) electrons. The summed E-state index contributed by atoms with van der Waals surface area (Å²) in [6.45, 7) is 5.57. The molecule has 2 heterocycles. The number of ether oxygens (including phenoxy) is 1. The van der Waals surface area contributed by atoms with Crippen LogP contribution in [-0.2, 0) is 10.2 Å². The lowest BCUT2D eigenvalue weighted by Gasteiger charge is -2.39. The van der Waals surface area contributed by atoms with Crippen molar-refractivity contribution < 1.29 is 9.66 Å². The Morgan fingerprint density at radius 2 is 1.87 bits per heavy atom. The molecule has 1 unspecified atom stereocenters. The molecule has 1 saturated heterocycles. The molecule has 30 heavy (non-hydrogen) atoms. The van der Waals surface area contributed by atoms with Crippen LogP contribution in [0.1, 0.15) is 25.0 Å². The molecule has 4 rings (SSSR count). The van der Waals surface area contributed by atoms with Gasteiger partial charge in [0.15, 0.2) is 5.72 Å². The maximum Gasteiger partial charge on any atom is 0.269 e. The van der Waals surface area contributed by atoms with Crippen molar-refractivity contribution in [3.63, 3.8) is 0 Å². The number of nitrogens with zero attached hydrogens (tertiary/aromatic N) is 3. The van der Waals surface area contributed by atoms with Gasteiger partial charge < -0.3 is 14.5 Å². The van der Waals surface area contributed by atoms with E-state index in [4.69, 9.17) is 4.74 Å². The summed E-state index contributed by atoms with van der Waals surface area (Å²) in [6.07, 6.45) is 8.17. The van der Waals surface area contributed by atoms with Crippen LogP contribution in [-0.4, -0.2) is 37.9 Å². The number of fused-ring (bicyclic) bond motifs is 3. The number of allylic oxidation sites excluding steroid dienone is 2. The van der Waals surface area contributed by atoms with Gasteiger partial charge in [-0.25, -0.2) is 0 Å². The second kappa shape index (κ2) is 7.29. The molecule has 6 heteroatoms. The van der Waals surface area contributed by atoms with E-state index in [0.29, 0.717) is 6.61 Å². The van der Waals surface area contributed by atoms with Gasteiger partial charge in [-0.3, -0.25) is 10.1 Å². The van der Waals surface area contributed by atoms with Gasteiger partial charge in [-0.15, -0.1) is 0 Å². The zero-order chi connectivity index (χ0) is 21.5. The summed E-state index contributed by atoms with van der Waals surface area (Å²) in [4.78, 5) is 15.2. The molecule has 0 aliphatic carbocycles.